The van der Waals surface area contributed by atoms with Gasteiger partial charge in [0.05, 0.1) is 25.7 Å². The second kappa shape index (κ2) is 18.9. The molecule has 0 saturated carbocycles. The van der Waals surface area contributed by atoms with Gasteiger partial charge in [0.2, 0.25) is 0 Å². The molecule has 1 N–H and O–H groups in total. The van der Waals surface area contributed by atoms with E-state index in [4.69, 9.17) is 23.7 Å². The summed E-state index contributed by atoms with van der Waals surface area (Å²) in [6.07, 6.45) is 0.0572. The van der Waals surface area contributed by atoms with Crippen molar-refractivity contribution in [3.8, 4) is 5.75 Å². The van der Waals surface area contributed by atoms with Crippen LogP contribution in [0.15, 0.2) is 36.4 Å². The predicted molar refractivity (Wildman–Crippen MR) is 157 cm³/mol. The van der Waals surface area contributed by atoms with E-state index in [1.807, 2.05) is 38.1 Å². The van der Waals surface area contributed by atoms with Crippen LogP contribution in [0.1, 0.15) is 85.6 Å². The maximum Gasteiger partial charge on any atom is 0.308 e. The van der Waals surface area contributed by atoms with Gasteiger partial charge in [-0.3, -0.25) is 19.2 Å². The van der Waals surface area contributed by atoms with Gasteiger partial charge in [-0.15, -0.1) is 6.58 Å². The molecule has 0 aliphatic carbocycles. The van der Waals surface area contributed by atoms with Gasteiger partial charge in [0, 0.05) is 33.6 Å². The third-order valence-corrected chi connectivity index (χ3v) is 6.93. The minimum absolute atomic E-state index is 0.197. The number of carboxylic acids is 1. The number of rotatable bonds is 20. The van der Waals surface area contributed by atoms with Crippen molar-refractivity contribution < 1.29 is 48.0 Å². The first kappa shape index (κ1) is 36.6. The average molecular weight is 593 g/mol. The highest BCUT2D eigenvalue weighted by Crippen LogP contribution is 2.27. The molecule has 0 bridgehead atoms. The zero-order valence-corrected chi connectivity index (χ0v) is 26.1. The van der Waals surface area contributed by atoms with Crippen LogP contribution >= 0.6 is 0 Å². The largest absolute Gasteiger partial charge is 0.497 e. The highest BCUT2D eigenvalue weighted by molar-refractivity contribution is 5.70. The number of carbonyl (C=O) groups is 4. The van der Waals surface area contributed by atoms with Gasteiger partial charge in [-0.25, -0.2) is 0 Å². The molecule has 0 aromatic heterocycles. The van der Waals surface area contributed by atoms with Gasteiger partial charge in [0.25, 0.3) is 0 Å². The number of hydrogen-bond acceptors (Lipinski definition) is 9. The highest BCUT2D eigenvalue weighted by Gasteiger charge is 2.32. The fourth-order valence-electron chi connectivity index (χ4n) is 4.81. The van der Waals surface area contributed by atoms with Crippen molar-refractivity contribution in [1.82, 2.24) is 0 Å². The predicted octanol–water partition coefficient (Wildman–Crippen LogP) is 5.65. The van der Waals surface area contributed by atoms with E-state index in [0.29, 0.717) is 31.4 Å². The van der Waals surface area contributed by atoms with Crippen LogP contribution in [0.25, 0.3) is 0 Å². The summed E-state index contributed by atoms with van der Waals surface area (Å²) in [6, 6.07) is 7.34. The van der Waals surface area contributed by atoms with Crippen LogP contribution in [0.2, 0.25) is 0 Å². The van der Waals surface area contributed by atoms with Crippen LogP contribution in [0.3, 0.4) is 0 Å². The second-order valence-corrected chi connectivity index (χ2v) is 11.0. The third kappa shape index (κ3) is 15.0. The van der Waals surface area contributed by atoms with E-state index >= 15 is 0 Å². The van der Waals surface area contributed by atoms with Crippen LogP contribution in [-0.2, 0) is 44.7 Å². The number of benzene rings is 1. The van der Waals surface area contributed by atoms with Gasteiger partial charge in [-0.2, -0.15) is 0 Å². The Labute approximate surface area is 249 Å². The van der Waals surface area contributed by atoms with Crippen molar-refractivity contribution in [1.29, 1.82) is 0 Å². The van der Waals surface area contributed by atoms with E-state index in [9.17, 15) is 24.3 Å². The van der Waals surface area contributed by atoms with Crippen LogP contribution in [0, 0.1) is 11.8 Å². The van der Waals surface area contributed by atoms with Crippen molar-refractivity contribution in [3.63, 3.8) is 0 Å². The van der Waals surface area contributed by atoms with Gasteiger partial charge < -0.3 is 28.8 Å². The standard InChI is InChI=1S/C32H48O10/c1-20(2)9-13-28(40-23(5)33)17-30(42-25(7)35)18-29(41-24(6)34)14-10-21(3)31(22(4)32(36)37)39-19-26-11-15-27(38-8)16-12-26/h11-12,15-16,21-22,28-31H,1,9-10,13-14,17-19H2,2-8H3,(H,36,37)/t21-,22+,28+,29+,30+,31+/m1/s1. The molecule has 6 atom stereocenters. The molecular weight excluding hydrogens is 544 g/mol. The van der Waals surface area contributed by atoms with Gasteiger partial charge in [0.15, 0.2) is 0 Å². The topological polar surface area (TPSA) is 135 Å². The van der Waals surface area contributed by atoms with Gasteiger partial charge in [0.1, 0.15) is 24.1 Å². The lowest BCUT2D eigenvalue weighted by Crippen LogP contribution is -2.35. The summed E-state index contributed by atoms with van der Waals surface area (Å²) in [4.78, 5) is 47.5. The Balaban J connectivity index is 3.01. The molecule has 0 aliphatic rings. The number of allylic oxidation sites excluding steroid dienone is 1. The van der Waals surface area contributed by atoms with Gasteiger partial charge in [-0.1, -0.05) is 24.6 Å². The molecule has 0 heterocycles. The Bertz CT molecular complexity index is 1020. The first-order chi connectivity index (χ1) is 19.7. The zero-order valence-electron chi connectivity index (χ0n) is 26.1. The van der Waals surface area contributed by atoms with Gasteiger partial charge in [-0.05, 0) is 63.1 Å². The molecule has 0 radical (unpaired) electrons. The quantitative estimate of drug-likeness (QED) is 0.115. The lowest BCUT2D eigenvalue weighted by atomic mass is 9.88. The molecular formula is C32H48O10. The number of carbonyl (C=O) groups excluding carboxylic acids is 3. The number of esters is 3. The fraction of sp³-hybridized carbons (Fsp3) is 0.625. The Morgan fingerprint density at radius 3 is 1.74 bits per heavy atom. The van der Waals surface area contributed by atoms with E-state index in [1.54, 1.807) is 14.0 Å². The van der Waals surface area contributed by atoms with E-state index in [0.717, 1.165) is 11.1 Å². The van der Waals surface area contributed by atoms with Crippen molar-refractivity contribution in [2.45, 2.75) is 111 Å². The lowest BCUT2D eigenvalue weighted by molar-refractivity contribution is -0.156. The lowest BCUT2D eigenvalue weighted by Gasteiger charge is -2.30. The molecule has 1 aromatic rings. The fourth-order valence-corrected chi connectivity index (χ4v) is 4.81. The molecule has 0 saturated heterocycles. The highest BCUT2D eigenvalue weighted by atomic mass is 16.6. The molecule has 0 fully saturated rings. The van der Waals surface area contributed by atoms with Gasteiger partial charge >= 0.3 is 23.9 Å². The number of methoxy groups -OCH3 is 1. The van der Waals surface area contributed by atoms with Crippen LogP contribution in [0.5, 0.6) is 5.75 Å². The summed E-state index contributed by atoms with van der Waals surface area (Å²) < 4.78 is 27.9. The molecule has 0 amide bonds. The summed E-state index contributed by atoms with van der Waals surface area (Å²) in [5.74, 6) is -2.68. The summed E-state index contributed by atoms with van der Waals surface area (Å²) >= 11 is 0. The smallest absolute Gasteiger partial charge is 0.308 e. The average Bonchev–Trinajstić information content (AvgIpc) is 2.89. The molecule has 42 heavy (non-hydrogen) atoms. The number of ether oxygens (including phenoxy) is 5. The molecule has 10 nitrogen and oxygen atoms in total. The molecule has 1 aromatic carbocycles. The zero-order chi connectivity index (χ0) is 31.8. The van der Waals surface area contributed by atoms with E-state index in [-0.39, 0.29) is 25.4 Å². The minimum atomic E-state index is -0.973. The third-order valence-electron chi connectivity index (χ3n) is 6.93. The maximum atomic E-state index is 12.0. The number of hydrogen-bond donors (Lipinski definition) is 1. The summed E-state index contributed by atoms with van der Waals surface area (Å²) in [5.41, 5.74) is 1.81. The van der Waals surface area contributed by atoms with Crippen LogP contribution in [-0.4, -0.2) is 60.5 Å². The second-order valence-electron chi connectivity index (χ2n) is 11.0. The van der Waals surface area contributed by atoms with E-state index in [2.05, 4.69) is 6.58 Å². The Morgan fingerprint density at radius 1 is 0.786 bits per heavy atom. The molecule has 0 unspecified atom stereocenters. The van der Waals surface area contributed by atoms with E-state index < -0.39 is 54.2 Å². The molecule has 1 rings (SSSR count). The van der Waals surface area contributed by atoms with Crippen LogP contribution in [0.4, 0.5) is 0 Å². The minimum Gasteiger partial charge on any atom is -0.497 e. The Kier molecular flexibility index (Phi) is 16.5. The summed E-state index contributed by atoms with van der Waals surface area (Å²) in [5, 5.41) is 9.73. The summed E-state index contributed by atoms with van der Waals surface area (Å²) in [7, 11) is 1.58. The number of aliphatic carboxylic acids is 1. The first-order valence-electron chi connectivity index (χ1n) is 14.3. The van der Waals surface area contributed by atoms with Crippen LogP contribution < -0.4 is 4.74 Å². The van der Waals surface area contributed by atoms with Crippen molar-refractivity contribution in [2.24, 2.45) is 11.8 Å². The molecule has 0 spiro atoms. The molecule has 0 aliphatic heterocycles. The maximum absolute atomic E-state index is 12.0. The van der Waals surface area contributed by atoms with Crippen molar-refractivity contribution >= 4 is 23.9 Å². The number of carboxylic acid groups (broad SMARTS) is 1. The Hall–Kier alpha value is -3.40. The van der Waals surface area contributed by atoms with Crippen molar-refractivity contribution in [2.75, 3.05) is 7.11 Å². The summed E-state index contributed by atoms with van der Waals surface area (Å²) in [6.45, 7) is 13.4. The monoisotopic (exact) mass is 592 g/mol. The normalized spacial score (nSPS) is 15.3. The molecule has 10 heteroatoms. The molecule has 236 valence electrons. The van der Waals surface area contributed by atoms with E-state index in [1.165, 1.54) is 20.8 Å². The Morgan fingerprint density at radius 2 is 1.29 bits per heavy atom. The first-order valence-corrected chi connectivity index (χ1v) is 14.3. The SMILES string of the molecule is C=C(C)CC[C@@H](C[C@@H](C[C@H](CC[C@@H](C)[C@H](OCc1ccc(OC)cc1)[C@H](C)C(=O)O)OC(C)=O)OC(C)=O)OC(C)=O. The van der Waals surface area contributed by atoms with Crippen molar-refractivity contribution in [3.05, 3.63) is 42.0 Å².